The van der Waals surface area contributed by atoms with Crippen LogP contribution in [0.4, 0.5) is 5.13 Å². The molecule has 0 saturated carbocycles. The number of amides is 1. The fraction of sp³-hybridized carbons (Fsp3) is 0.222. The van der Waals surface area contributed by atoms with Crippen molar-refractivity contribution in [3.8, 4) is 0 Å². The first kappa shape index (κ1) is 10.6. The van der Waals surface area contributed by atoms with Gasteiger partial charge in [0.25, 0.3) is 5.91 Å². The molecular weight excluding hydrogens is 226 g/mol. The van der Waals surface area contributed by atoms with E-state index >= 15 is 0 Å². The van der Waals surface area contributed by atoms with E-state index in [4.69, 9.17) is 5.73 Å². The van der Waals surface area contributed by atoms with Crippen molar-refractivity contribution < 1.29 is 4.79 Å². The molecule has 2 rings (SSSR count). The summed E-state index contributed by atoms with van der Waals surface area (Å²) in [5.74, 6) is -0.201. The minimum atomic E-state index is -0.201. The number of rotatable bonds is 4. The van der Waals surface area contributed by atoms with Gasteiger partial charge in [0.05, 0.1) is 0 Å². The Morgan fingerprint density at radius 1 is 1.62 bits per heavy atom. The number of aromatic nitrogens is 3. The zero-order valence-corrected chi connectivity index (χ0v) is 9.25. The average molecular weight is 237 g/mol. The zero-order valence-electron chi connectivity index (χ0n) is 8.43. The Morgan fingerprint density at radius 3 is 3.12 bits per heavy atom. The quantitative estimate of drug-likeness (QED) is 0.718. The SMILES string of the molecule is Nc1nc(C(=O)NCCc2ccn[nH]2)cs1. The molecule has 0 radical (unpaired) electrons. The van der Waals surface area contributed by atoms with Gasteiger partial charge in [0.15, 0.2) is 5.13 Å². The number of carbonyl (C=O) groups is 1. The Labute approximate surface area is 95.9 Å². The second-order valence-electron chi connectivity index (χ2n) is 3.16. The van der Waals surface area contributed by atoms with Gasteiger partial charge in [-0.25, -0.2) is 4.98 Å². The molecule has 0 aromatic carbocycles. The van der Waals surface area contributed by atoms with Crippen molar-refractivity contribution in [3.63, 3.8) is 0 Å². The summed E-state index contributed by atoms with van der Waals surface area (Å²) in [6, 6.07) is 1.87. The van der Waals surface area contributed by atoms with Gasteiger partial charge in [-0.2, -0.15) is 5.10 Å². The number of nitrogens with zero attached hydrogens (tertiary/aromatic N) is 2. The van der Waals surface area contributed by atoms with Gasteiger partial charge in [-0.1, -0.05) is 0 Å². The number of hydrogen-bond donors (Lipinski definition) is 3. The van der Waals surface area contributed by atoms with Crippen LogP contribution >= 0.6 is 11.3 Å². The summed E-state index contributed by atoms with van der Waals surface area (Å²) in [6.07, 6.45) is 2.39. The van der Waals surface area contributed by atoms with Crippen LogP contribution in [0.15, 0.2) is 17.6 Å². The van der Waals surface area contributed by atoms with Crippen LogP contribution in [-0.4, -0.2) is 27.6 Å². The van der Waals surface area contributed by atoms with Crippen molar-refractivity contribution in [1.82, 2.24) is 20.5 Å². The summed E-state index contributed by atoms with van der Waals surface area (Å²) in [6.45, 7) is 0.540. The standard InChI is InChI=1S/C9H11N5OS/c10-9-13-7(5-16-9)8(15)11-3-1-6-2-4-12-14-6/h2,4-5H,1,3H2,(H2,10,13)(H,11,15)(H,12,14). The Balaban J connectivity index is 1.80. The van der Waals surface area contributed by atoms with Crippen LogP contribution in [0.5, 0.6) is 0 Å². The van der Waals surface area contributed by atoms with E-state index in [0.717, 1.165) is 5.69 Å². The molecule has 0 fully saturated rings. The second-order valence-corrected chi connectivity index (χ2v) is 4.05. The van der Waals surface area contributed by atoms with Crippen LogP contribution < -0.4 is 11.1 Å². The third-order valence-corrected chi connectivity index (χ3v) is 2.67. The lowest BCUT2D eigenvalue weighted by Gasteiger charge is -2.00. The third-order valence-electron chi connectivity index (χ3n) is 1.99. The van der Waals surface area contributed by atoms with Gasteiger partial charge in [-0.05, 0) is 6.07 Å². The molecule has 2 heterocycles. The van der Waals surface area contributed by atoms with Gasteiger partial charge in [0, 0.05) is 30.2 Å². The number of nitrogens with two attached hydrogens (primary N) is 1. The maximum atomic E-state index is 11.5. The largest absolute Gasteiger partial charge is 0.375 e. The molecule has 84 valence electrons. The minimum Gasteiger partial charge on any atom is -0.375 e. The van der Waals surface area contributed by atoms with Crippen molar-refractivity contribution in [3.05, 3.63) is 29.0 Å². The van der Waals surface area contributed by atoms with Crippen LogP contribution in [0.1, 0.15) is 16.2 Å². The molecular formula is C9H11N5OS. The van der Waals surface area contributed by atoms with E-state index in [9.17, 15) is 4.79 Å². The van der Waals surface area contributed by atoms with E-state index in [1.54, 1.807) is 11.6 Å². The number of H-pyrrole nitrogens is 1. The Bertz CT molecular complexity index is 464. The number of nitrogen functional groups attached to an aromatic ring is 1. The molecule has 0 saturated heterocycles. The fourth-order valence-corrected chi connectivity index (χ4v) is 1.76. The van der Waals surface area contributed by atoms with Gasteiger partial charge >= 0.3 is 0 Å². The molecule has 0 spiro atoms. The summed E-state index contributed by atoms with van der Waals surface area (Å²) in [7, 11) is 0. The van der Waals surface area contributed by atoms with E-state index in [-0.39, 0.29) is 5.91 Å². The highest BCUT2D eigenvalue weighted by Crippen LogP contribution is 2.10. The number of hydrogen-bond acceptors (Lipinski definition) is 5. The van der Waals surface area contributed by atoms with Crippen molar-refractivity contribution in [2.24, 2.45) is 0 Å². The smallest absolute Gasteiger partial charge is 0.270 e. The fourth-order valence-electron chi connectivity index (χ4n) is 1.22. The zero-order chi connectivity index (χ0) is 11.4. The van der Waals surface area contributed by atoms with Gasteiger partial charge in [-0.3, -0.25) is 9.89 Å². The Hall–Kier alpha value is -1.89. The monoisotopic (exact) mass is 237 g/mol. The van der Waals surface area contributed by atoms with E-state index in [0.29, 0.717) is 23.8 Å². The van der Waals surface area contributed by atoms with Crippen molar-refractivity contribution in [2.45, 2.75) is 6.42 Å². The lowest BCUT2D eigenvalue weighted by Crippen LogP contribution is -2.26. The summed E-state index contributed by atoms with van der Waals surface area (Å²) in [5.41, 5.74) is 6.79. The van der Waals surface area contributed by atoms with Crippen molar-refractivity contribution in [1.29, 1.82) is 0 Å². The van der Waals surface area contributed by atoms with Gasteiger partial charge in [0.1, 0.15) is 5.69 Å². The minimum absolute atomic E-state index is 0.201. The van der Waals surface area contributed by atoms with Crippen LogP contribution in [0.2, 0.25) is 0 Å². The Kier molecular flexibility index (Phi) is 3.16. The van der Waals surface area contributed by atoms with Crippen LogP contribution in [0.25, 0.3) is 0 Å². The maximum absolute atomic E-state index is 11.5. The summed E-state index contributed by atoms with van der Waals surface area (Å²) in [5, 5.41) is 11.4. The first-order valence-corrected chi connectivity index (χ1v) is 5.61. The van der Waals surface area contributed by atoms with E-state index in [1.165, 1.54) is 11.3 Å². The molecule has 2 aromatic heterocycles. The predicted octanol–water partition coefficient (Wildman–Crippen LogP) is 0.421. The van der Waals surface area contributed by atoms with E-state index < -0.39 is 0 Å². The molecule has 0 unspecified atom stereocenters. The topological polar surface area (TPSA) is 96.7 Å². The number of anilines is 1. The molecule has 0 atom stereocenters. The molecule has 0 bridgehead atoms. The van der Waals surface area contributed by atoms with Crippen molar-refractivity contribution >= 4 is 22.4 Å². The molecule has 6 nitrogen and oxygen atoms in total. The van der Waals surface area contributed by atoms with Gasteiger partial charge in [-0.15, -0.1) is 11.3 Å². The van der Waals surface area contributed by atoms with Crippen LogP contribution in [0, 0.1) is 0 Å². The number of aromatic amines is 1. The molecule has 0 aliphatic carbocycles. The molecule has 0 aliphatic heterocycles. The van der Waals surface area contributed by atoms with Crippen LogP contribution in [-0.2, 0) is 6.42 Å². The molecule has 7 heteroatoms. The van der Waals surface area contributed by atoms with E-state index in [1.807, 2.05) is 6.07 Å². The van der Waals surface area contributed by atoms with E-state index in [2.05, 4.69) is 20.5 Å². The highest BCUT2D eigenvalue weighted by atomic mass is 32.1. The van der Waals surface area contributed by atoms with Crippen LogP contribution in [0.3, 0.4) is 0 Å². The molecule has 16 heavy (non-hydrogen) atoms. The lowest BCUT2D eigenvalue weighted by atomic mass is 10.3. The summed E-state index contributed by atoms with van der Waals surface area (Å²) in [4.78, 5) is 15.4. The molecule has 1 amide bonds. The first-order valence-electron chi connectivity index (χ1n) is 4.73. The van der Waals surface area contributed by atoms with Gasteiger partial charge < -0.3 is 11.1 Å². The van der Waals surface area contributed by atoms with Gasteiger partial charge in [0.2, 0.25) is 0 Å². The average Bonchev–Trinajstić information content (AvgIpc) is 2.89. The second kappa shape index (κ2) is 4.75. The number of thiazole rings is 1. The highest BCUT2D eigenvalue weighted by Gasteiger charge is 2.08. The highest BCUT2D eigenvalue weighted by molar-refractivity contribution is 7.13. The summed E-state index contributed by atoms with van der Waals surface area (Å²) < 4.78 is 0. The number of carbonyl (C=O) groups excluding carboxylic acids is 1. The third kappa shape index (κ3) is 2.57. The number of nitrogens with one attached hydrogen (secondary N) is 2. The predicted molar refractivity (Wildman–Crippen MR) is 61.2 cm³/mol. The summed E-state index contributed by atoms with van der Waals surface area (Å²) >= 11 is 1.25. The maximum Gasteiger partial charge on any atom is 0.270 e. The first-order chi connectivity index (χ1) is 7.75. The molecule has 2 aromatic rings. The molecule has 0 aliphatic rings. The Morgan fingerprint density at radius 2 is 2.50 bits per heavy atom. The van der Waals surface area contributed by atoms with Crippen molar-refractivity contribution in [2.75, 3.05) is 12.3 Å². The lowest BCUT2D eigenvalue weighted by molar-refractivity contribution is 0.0950. The normalized spacial score (nSPS) is 10.2. The molecule has 4 N–H and O–H groups in total.